The maximum Gasteiger partial charge on any atom is 0.292 e. The molecule has 0 aliphatic rings. The first-order valence-electron chi connectivity index (χ1n) is 7.84. The molecule has 2 aromatic rings. The molecule has 2 N–H and O–H groups in total. The van der Waals surface area contributed by atoms with E-state index in [9.17, 15) is 14.9 Å². The van der Waals surface area contributed by atoms with Crippen molar-refractivity contribution >= 4 is 17.3 Å². The van der Waals surface area contributed by atoms with Crippen molar-refractivity contribution in [3.8, 4) is 0 Å². The highest BCUT2D eigenvalue weighted by Crippen LogP contribution is 2.22. The lowest BCUT2D eigenvalue weighted by Crippen LogP contribution is -2.28. The van der Waals surface area contributed by atoms with Crippen molar-refractivity contribution in [2.75, 3.05) is 18.4 Å². The molecule has 0 spiro atoms. The van der Waals surface area contributed by atoms with Gasteiger partial charge in [0.1, 0.15) is 5.69 Å². The Balaban J connectivity index is 1.84. The van der Waals surface area contributed by atoms with Crippen molar-refractivity contribution in [3.05, 3.63) is 69.8 Å². The molecule has 2 aromatic carbocycles. The maximum absolute atomic E-state index is 12.1. The van der Waals surface area contributed by atoms with Crippen LogP contribution in [-0.4, -0.2) is 23.9 Å². The van der Waals surface area contributed by atoms with Gasteiger partial charge in [0.15, 0.2) is 0 Å². The van der Waals surface area contributed by atoms with E-state index in [1.54, 1.807) is 30.3 Å². The third kappa shape index (κ3) is 4.55. The minimum Gasteiger partial charge on any atom is -0.378 e. The first-order valence-corrected chi connectivity index (χ1v) is 7.84. The highest BCUT2D eigenvalue weighted by Gasteiger charge is 2.11. The Bertz CT molecular complexity index is 712. The van der Waals surface area contributed by atoms with Gasteiger partial charge in [-0.1, -0.05) is 38.1 Å². The summed E-state index contributed by atoms with van der Waals surface area (Å²) in [5.41, 5.74) is 2.25. The summed E-state index contributed by atoms with van der Waals surface area (Å²) in [6.45, 7) is 4.98. The Hall–Kier alpha value is -2.89. The largest absolute Gasteiger partial charge is 0.378 e. The van der Waals surface area contributed by atoms with Crippen molar-refractivity contribution in [1.82, 2.24) is 5.32 Å². The van der Waals surface area contributed by atoms with Crippen LogP contribution in [0.15, 0.2) is 48.5 Å². The third-order valence-electron chi connectivity index (χ3n) is 3.67. The number of amides is 1. The van der Waals surface area contributed by atoms with E-state index in [1.165, 1.54) is 11.6 Å². The quantitative estimate of drug-likeness (QED) is 0.462. The first-order chi connectivity index (χ1) is 11.5. The second kappa shape index (κ2) is 8.10. The van der Waals surface area contributed by atoms with E-state index in [0.717, 1.165) is 0 Å². The Morgan fingerprint density at radius 1 is 1.08 bits per heavy atom. The zero-order valence-corrected chi connectivity index (χ0v) is 13.8. The Labute approximate surface area is 141 Å². The van der Waals surface area contributed by atoms with Crippen molar-refractivity contribution in [2.45, 2.75) is 19.8 Å². The van der Waals surface area contributed by atoms with E-state index in [2.05, 4.69) is 24.5 Å². The van der Waals surface area contributed by atoms with Gasteiger partial charge in [-0.25, -0.2) is 0 Å². The molecule has 0 bridgehead atoms. The number of nitro benzene ring substituents is 1. The number of hydrogen-bond donors (Lipinski definition) is 2. The van der Waals surface area contributed by atoms with E-state index in [0.29, 0.717) is 30.3 Å². The molecule has 6 heteroatoms. The number of nitrogens with one attached hydrogen (secondary N) is 2. The smallest absolute Gasteiger partial charge is 0.292 e. The fourth-order valence-corrected chi connectivity index (χ4v) is 2.28. The van der Waals surface area contributed by atoms with Gasteiger partial charge < -0.3 is 10.6 Å². The monoisotopic (exact) mass is 327 g/mol. The molecule has 0 aromatic heterocycles. The molecule has 24 heavy (non-hydrogen) atoms. The second-order valence-corrected chi connectivity index (χ2v) is 5.73. The topological polar surface area (TPSA) is 84.3 Å². The number of hydrogen-bond acceptors (Lipinski definition) is 4. The summed E-state index contributed by atoms with van der Waals surface area (Å²) in [6, 6.07) is 13.9. The van der Waals surface area contributed by atoms with Gasteiger partial charge in [-0.15, -0.1) is 0 Å². The van der Waals surface area contributed by atoms with Crippen molar-refractivity contribution < 1.29 is 9.72 Å². The number of nitro groups is 1. The molecule has 0 aliphatic carbocycles. The number of anilines is 1. The number of para-hydroxylation sites is 2. The van der Waals surface area contributed by atoms with Gasteiger partial charge in [-0.3, -0.25) is 14.9 Å². The summed E-state index contributed by atoms with van der Waals surface area (Å²) in [4.78, 5) is 22.6. The Morgan fingerprint density at radius 2 is 1.75 bits per heavy atom. The van der Waals surface area contributed by atoms with Gasteiger partial charge in [-0.2, -0.15) is 0 Å². The van der Waals surface area contributed by atoms with Crippen LogP contribution in [0.3, 0.4) is 0 Å². The van der Waals surface area contributed by atoms with Crippen LogP contribution >= 0.6 is 0 Å². The lowest BCUT2D eigenvalue weighted by Gasteiger charge is -2.09. The van der Waals surface area contributed by atoms with Gasteiger partial charge in [0.2, 0.25) is 0 Å². The zero-order chi connectivity index (χ0) is 17.5. The van der Waals surface area contributed by atoms with E-state index in [-0.39, 0.29) is 11.6 Å². The fourth-order valence-electron chi connectivity index (χ4n) is 2.28. The molecule has 0 atom stereocenters. The summed E-state index contributed by atoms with van der Waals surface area (Å²) in [6.07, 6.45) is 0. The molecule has 0 saturated heterocycles. The van der Waals surface area contributed by atoms with Gasteiger partial charge in [0.05, 0.1) is 4.92 Å². The molecule has 0 unspecified atom stereocenters. The molecular formula is C18H21N3O3. The van der Waals surface area contributed by atoms with Gasteiger partial charge in [-0.05, 0) is 29.7 Å². The third-order valence-corrected chi connectivity index (χ3v) is 3.67. The number of carbonyl (C=O) groups excluding carboxylic acids is 1. The first kappa shape index (κ1) is 17.5. The van der Waals surface area contributed by atoms with Crippen LogP contribution in [0.1, 0.15) is 35.7 Å². The summed E-state index contributed by atoms with van der Waals surface area (Å²) in [5, 5.41) is 16.7. The standard InChI is InChI=1S/C18H21N3O3/c1-13(2)14-7-9-15(10-8-14)18(22)20-12-11-19-16-5-3-4-6-17(16)21(23)24/h3-10,13,19H,11-12H2,1-2H3,(H,20,22). The molecule has 6 nitrogen and oxygen atoms in total. The van der Waals surface area contributed by atoms with Crippen LogP contribution in [-0.2, 0) is 0 Å². The van der Waals surface area contributed by atoms with Crippen LogP contribution in [0.5, 0.6) is 0 Å². The molecule has 0 saturated carbocycles. The highest BCUT2D eigenvalue weighted by atomic mass is 16.6. The van der Waals surface area contributed by atoms with Crippen LogP contribution in [0.4, 0.5) is 11.4 Å². The van der Waals surface area contributed by atoms with Crippen LogP contribution < -0.4 is 10.6 Å². The number of carbonyl (C=O) groups is 1. The van der Waals surface area contributed by atoms with Crippen molar-refractivity contribution in [1.29, 1.82) is 0 Å². The molecule has 0 heterocycles. The lowest BCUT2D eigenvalue weighted by atomic mass is 10.0. The van der Waals surface area contributed by atoms with Gasteiger partial charge in [0, 0.05) is 24.7 Å². The molecule has 2 rings (SSSR count). The molecule has 0 aliphatic heterocycles. The van der Waals surface area contributed by atoms with Gasteiger partial charge >= 0.3 is 0 Å². The predicted molar refractivity (Wildman–Crippen MR) is 94.5 cm³/mol. The number of nitrogens with zero attached hydrogens (tertiary/aromatic N) is 1. The fraction of sp³-hybridized carbons (Fsp3) is 0.278. The molecule has 126 valence electrons. The van der Waals surface area contributed by atoms with E-state index >= 15 is 0 Å². The van der Waals surface area contributed by atoms with E-state index in [1.807, 2.05) is 12.1 Å². The average molecular weight is 327 g/mol. The highest BCUT2D eigenvalue weighted by molar-refractivity contribution is 5.94. The second-order valence-electron chi connectivity index (χ2n) is 5.73. The Morgan fingerprint density at radius 3 is 2.38 bits per heavy atom. The maximum atomic E-state index is 12.1. The SMILES string of the molecule is CC(C)c1ccc(C(=O)NCCNc2ccccc2[N+](=O)[O-])cc1. The Kier molecular flexibility index (Phi) is 5.89. The molecule has 1 amide bonds. The van der Waals surface area contributed by atoms with Crippen molar-refractivity contribution in [3.63, 3.8) is 0 Å². The van der Waals surface area contributed by atoms with Gasteiger partial charge in [0.25, 0.3) is 11.6 Å². The summed E-state index contributed by atoms with van der Waals surface area (Å²) in [7, 11) is 0. The van der Waals surface area contributed by atoms with Crippen LogP contribution in [0, 0.1) is 10.1 Å². The predicted octanol–water partition coefficient (Wildman–Crippen LogP) is 3.56. The summed E-state index contributed by atoms with van der Waals surface area (Å²) < 4.78 is 0. The molecular weight excluding hydrogens is 306 g/mol. The minimum atomic E-state index is -0.433. The van der Waals surface area contributed by atoms with Crippen LogP contribution in [0.25, 0.3) is 0 Å². The molecule has 0 radical (unpaired) electrons. The average Bonchev–Trinajstić information content (AvgIpc) is 2.58. The number of benzene rings is 2. The minimum absolute atomic E-state index is 0.0214. The van der Waals surface area contributed by atoms with Crippen LogP contribution in [0.2, 0.25) is 0 Å². The van der Waals surface area contributed by atoms with E-state index in [4.69, 9.17) is 0 Å². The summed E-state index contributed by atoms with van der Waals surface area (Å²) >= 11 is 0. The van der Waals surface area contributed by atoms with E-state index < -0.39 is 4.92 Å². The zero-order valence-electron chi connectivity index (χ0n) is 13.8. The lowest BCUT2D eigenvalue weighted by molar-refractivity contribution is -0.384. The normalized spacial score (nSPS) is 10.5. The number of rotatable bonds is 7. The molecule has 0 fully saturated rings. The van der Waals surface area contributed by atoms with Crippen molar-refractivity contribution in [2.24, 2.45) is 0 Å². The summed E-state index contributed by atoms with van der Waals surface area (Å²) in [5.74, 6) is 0.266.